The second-order valence-electron chi connectivity index (χ2n) is 6.06. The highest BCUT2D eigenvalue weighted by Gasteiger charge is 2.44. The summed E-state index contributed by atoms with van der Waals surface area (Å²) in [5.74, 6) is -0.207. The van der Waals surface area contributed by atoms with Gasteiger partial charge in [-0.25, -0.2) is 4.79 Å². The van der Waals surface area contributed by atoms with Crippen LogP contribution < -0.4 is 4.74 Å². The highest BCUT2D eigenvalue weighted by atomic mass is 16.5. The molecule has 5 nitrogen and oxygen atoms in total. The average Bonchev–Trinajstić information content (AvgIpc) is 3.06. The van der Waals surface area contributed by atoms with E-state index >= 15 is 0 Å². The summed E-state index contributed by atoms with van der Waals surface area (Å²) < 4.78 is 10.7. The first kappa shape index (κ1) is 17.2. The lowest BCUT2D eigenvalue weighted by molar-refractivity contribution is 0.0600. The zero-order chi connectivity index (χ0) is 18.0. The Labute approximate surface area is 146 Å². The normalized spacial score (nSPS) is 18.4. The van der Waals surface area contributed by atoms with Crippen LogP contribution in [-0.4, -0.2) is 37.2 Å². The van der Waals surface area contributed by atoms with Crippen LogP contribution in [0.3, 0.4) is 0 Å². The molecule has 1 aliphatic heterocycles. The largest absolute Gasteiger partial charge is 0.491 e. The predicted octanol–water partition coefficient (Wildman–Crippen LogP) is 2.74. The van der Waals surface area contributed by atoms with Gasteiger partial charge in [0.15, 0.2) is 5.78 Å². The molecular formula is C20H20O5. The number of rotatable bonds is 5. The minimum absolute atomic E-state index is 0.121. The Morgan fingerprint density at radius 1 is 1.24 bits per heavy atom. The molecule has 2 aromatic rings. The molecule has 25 heavy (non-hydrogen) atoms. The van der Waals surface area contributed by atoms with Crippen molar-refractivity contribution in [2.24, 2.45) is 0 Å². The smallest absolute Gasteiger partial charge is 0.337 e. The van der Waals surface area contributed by atoms with E-state index in [1.54, 1.807) is 13.0 Å². The monoisotopic (exact) mass is 340 g/mol. The Morgan fingerprint density at radius 2 is 1.96 bits per heavy atom. The van der Waals surface area contributed by atoms with E-state index in [2.05, 4.69) is 0 Å². The SMILES string of the molecule is CCC(=O)c1cc(C(=O)OC)cc2c1OC[C@]2(CO)c1ccccc1. The second-order valence-corrected chi connectivity index (χ2v) is 6.06. The minimum Gasteiger partial charge on any atom is -0.491 e. The van der Waals surface area contributed by atoms with E-state index in [9.17, 15) is 14.7 Å². The zero-order valence-corrected chi connectivity index (χ0v) is 14.2. The second kappa shape index (κ2) is 6.69. The summed E-state index contributed by atoms with van der Waals surface area (Å²) in [7, 11) is 1.30. The average molecular weight is 340 g/mol. The van der Waals surface area contributed by atoms with Crippen molar-refractivity contribution >= 4 is 11.8 Å². The van der Waals surface area contributed by atoms with Crippen molar-refractivity contribution in [2.45, 2.75) is 18.8 Å². The van der Waals surface area contributed by atoms with E-state index in [0.29, 0.717) is 16.9 Å². The van der Waals surface area contributed by atoms with Crippen molar-refractivity contribution in [2.75, 3.05) is 20.3 Å². The fourth-order valence-electron chi connectivity index (χ4n) is 3.26. The number of aliphatic hydroxyl groups is 1. The number of carbonyl (C=O) groups excluding carboxylic acids is 2. The third-order valence-corrected chi connectivity index (χ3v) is 4.71. The van der Waals surface area contributed by atoms with Gasteiger partial charge in [-0.05, 0) is 17.7 Å². The van der Waals surface area contributed by atoms with Gasteiger partial charge in [-0.2, -0.15) is 0 Å². The van der Waals surface area contributed by atoms with E-state index in [-0.39, 0.29) is 31.0 Å². The predicted molar refractivity (Wildman–Crippen MR) is 92.2 cm³/mol. The summed E-state index contributed by atoms with van der Waals surface area (Å²) >= 11 is 0. The van der Waals surface area contributed by atoms with Crippen LogP contribution in [0.2, 0.25) is 0 Å². The molecule has 130 valence electrons. The Kier molecular flexibility index (Phi) is 4.59. The molecule has 0 fully saturated rings. The highest BCUT2D eigenvalue weighted by Crippen LogP contribution is 2.46. The number of ether oxygens (including phenoxy) is 2. The standard InChI is InChI=1S/C20H20O5/c1-3-17(22)15-9-13(19(23)24-2)10-16-18(15)25-12-20(16,11-21)14-7-5-4-6-8-14/h4-10,21H,3,11-12H2,1-2H3/t20-/m1/s1. The lowest BCUT2D eigenvalue weighted by atomic mass is 9.75. The molecule has 1 N–H and O–H groups in total. The first-order chi connectivity index (χ1) is 12.1. The van der Waals surface area contributed by atoms with E-state index in [1.807, 2.05) is 30.3 Å². The summed E-state index contributed by atoms with van der Waals surface area (Å²) in [4.78, 5) is 24.5. The van der Waals surface area contributed by atoms with Crippen molar-refractivity contribution < 1.29 is 24.2 Å². The molecule has 0 radical (unpaired) electrons. The molecule has 1 heterocycles. The molecule has 5 heteroatoms. The van der Waals surface area contributed by atoms with Gasteiger partial charge in [0.1, 0.15) is 12.4 Å². The number of carbonyl (C=O) groups is 2. The molecule has 0 saturated heterocycles. The zero-order valence-electron chi connectivity index (χ0n) is 14.2. The molecule has 3 rings (SSSR count). The Hall–Kier alpha value is -2.66. The maximum Gasteiger partial charge on any atom is 0.337 e. The van der Waals surface area contributed by atoms with E-state index in [4.69, 9.17) is 9.47 Å². The van der Waals surface area contributed by atoms with Crippen LogP contribution in [0.1, 0.15) is 45.2 Å². The number of Topliss-reactive ketones (excluding diaryl/α,β-unsaturated/α-hetero) is 1. The lowest BCUT2D eigenvalue weighted by Gasteiger charge is -2.26. The molecule has 0 saturated carbocycles. The van der Waals surface area contributed by atoms with Crippen LogP contribution in [0.5, 0.6) is 5.75 Å². The van der Waals surface area contributed by atoms with Crippen LogP contribution >= 0.6 is 0 Å². The molecule has 0 amide bonds. The van der Waals surface area contributed by atoms with Crippen LogP contribution in [0.25, 0.3) is 0 Å². The molecule has 1 aliphatic rings. The van der Waals surface area contributed by atoms with E-state index < -0.39 is 11.4 Å². The quantitative estimate of drug-likeness (QED) is 0.669. The van der Waals surface area contributed by atoms with Gasteiger partial charge in [-0.1, -0.05) is 37.3 Å². The van der Waals surface area contributed by atoms with Gasteiger partial charge in [-0.3, -0.25) is 4.79 Å². The molecule has 0 aliphatic carbocycles. The number of methoxy groups -OCH3 is 1. The number of aliphatic hydroxyl groups excluding tert-OH is 1. The van der Waals surface area contributed by atoms with Gasteiger partial charge in [0, 0.05) is 12.0 Å². The maximum absolute atomic E-state index is 12.4. The fraction of sp³-hybridized carbons (Fsp3) is 0.300. The number of fused-ring (bicyclic) bond motifs is 1. The van der Waals surface area contributed by atoms with Gasteiger partial charge in [-0.15, -0.1) is 0 Å². The molecule has 0 unspecified atom stereocenters. The summed E-state index contributed by atoms with van der Waals surface area (Å²) in [6.07, 6.45) is 0.290. The minimum atomic E-state index is -0.816. The van der Waals surface area contributed by atoms with Gasteiger partial charge in [0.25, 0.3) is 0 Å². The summed E-state index contributed by atoms with van der Waals surface area (Å²) in [6.45, 7) is 1.76. The fourth-order valence-corrected chi connectivity index (χ4v) is 3.26. The van der Waals surface area contributed by atoms with E-state index in [1.165, 1.54) is 13.2 Å². The Balaban J connectivity index is 2.27. The van der Waals surface area contributed by atoms with Gasteiger partial charge >= 0.3 is 5.97 Å². The first-order valence-corrected chi connectivity index (χ1v) is 8.16. The van der Waals surface area contributed by atoms with Crippen molar-refractivity contribution in [1.29, 1.82) is 0 Å². The van der Waals surface area contributed by atoms with Crippen LogP contribution in [0, 0.1) is 0 Å². The summed E-state index contributed by atoms with van der Waals surface area (Å²) in [6, 6.07) is 12.6. The van der Waals surface area contributed by atoms with Crippen molar-refractivity contribution in [3.05, 3.63) is 64.7 Å². The summed E-state index contributed by atoms with van der Waals surface area (Å²) in [5.41, 5.74) is 1.32. The van der Waals surface area contributed by atoms with Gasteiger partial charge in [0.05, 0.1) is 30.3 Å². The number of hydrogen-bond acceptors (Lipinski definition) is 5. The van der Waals surface area contributed by atoms with Gasteiger partial charge in [0.2, 0.25) is 0 Å². The maximum atomic E-state index is 12.4. The van der Waals surface area contributed by atoms with Crippen LogP contribution in [0.4, 0.5) is 0 Å². The molecule has 0 aromatic heterocycles. The Morgan fingerprint density at radius 3 is 2.56 bits per heavy atom. The topological polar surface area (TPSA) is 72.8 Å². The third-order valence-electron chi connectivity index (χ3n) is 4.71. The van der Waals surface area contributed by atoms with Crippen molar-refractivity contribution in [3.8, 4) is 5.75 Å². The molecule has 0 spiro atoms. The molecule has 2 aromatic carbocycles. The molecule has 0 bridgehead atoms. The third kappa shape index (κ3) is 2.70. The first-order valence-electron chi connectivity index (χ1n) is 8.16. The number of esters is 1. The van der Waals surface area contributed by atoms with Crippen molar-refractivity contribution in [3.63, 3.8) is 0 Å². The summed E-state index contributed by atoms with van der Waals surface area (Å²) in [5, 5.41) is 10.2. The molecular weight excluding hydrogens is 320 g/mol. The van der Waals surface area contributed by atoms with Crippen LogP contribution in [-0.2, 0) is 10.2 Å². The molecule has 1 atom stereocenters. The highest BCUT2D eigenvalue weighted by molar-refractivity contribution is 6.02. The number of hydrogen-bond donors (Lipinski definition) is 1. The number of ketones is 1. The lowest BCUT2D eigenvalue weighted by Crippen LogP contribution is -2.33. The van der Waals surface area contributed by atoms with Crippen molar-refractivity contribution in [1.82, 2.24) is 0 Å². The number of benzene rings is 2. The Bertz CT molecular complexity index is 812. The van der Waals surface area contributed by atoms with E-state index in [0.717, 1.165) is 5.56 Å². The van der Waals surface area contributed by atoms with Gasteiger partial charge < -0.3 is 14.6 Å². The van der Waals surface area contributed by atoms with Crippen LogP contribution in [0.15, 0.2) is 42.5 Å².